The maximum absolute atomic E-state index is 11.1. The van der Waals surface area contributed by atoms with Gasteiger partial charge in [0.15, 0.2) is 0 Å². The van der Waals surface area contributed by atoms with Crippen molar-refractivity contribution < 1.29 is 19.4 Å². The summed E-state index contributed by atoms with van der Waals surface area (Å²) < 4.78 is 10.0. The van der Waals surface area contributed by atoms with Crippen molar-refractivity contribution in [2.24, 2.45) is 0 Å². The quantitative estimate of drug-likeness (QED) is 0.804. The van der Waals surface area contributed by atoms with Crippen molar-refractivity contribution in [3.8, 4) is 11.8 Å². The molecule has 0 spiro atoms. The third-order valence-electron chi connectivity index (χ3n) is 2.54. The Morgan fingerprint density at radius 2 is 1.89 bits per heavy atom. The van der Waals surface area contributed by atoms with Gasteiger partial charge in [-0.15, -0.1) is 0 Å². The van der Waals surface area contributed by atoms with Gasteiger partial charge < -0.3 is 19.5 Å². The fourth-order valence-electron chi connectivity index (χ4n) is 1.51. The molecule has 7 nitrogen and oxygen atoms in total. The number of nitrogens with zero attached hydrogens (tertiary/aromatic N) is 3. The zero-order valence-corrected chi connectivity index (χ0v) is 10.9. The van der Waals surface area contributed by atoms with E-state index in [-0.39, 0.29) is 5.95 Å². The van der Waals surface area contributed by atoms with Crippen LogP contribution in [0.2, 0.25) is 0 Å². The molecular weight excluding hydrogens is 238 g/mol. The lowest BCUT2D eigenvalue weighted by Gasteiger charge is -2.24. The number of ether oxygens (including phenoxy) is 2. The van der Waals surface area contributed by atoms with E-state index in [1.54, 1.807) is 14.0 Å². The lowest BCUT2D eigenvalue weighted by Crippen LogP contribution is -2.39. The van der Waals surface area contributed by atoms with Crippen molar-refractivity contribution >= 4 is 11.9 Å². The Morgan fingerprint density at radius 1 is 1.39 bits per heavy atom. The highest BCUT2D eigenvalue weighted by atomic mass is 16.5. The Kier molecular flexibility index (Phi) is 4.70. The van der Waals surface area contributed by atoms with Crippen LogP contribution >= 0.6 is 0 Å². The van der Waals surface area contributed by atoms with Crippen molar-refractivity contribution in [1.82, 2.24) is 9.97 Å². The van der Waals surface area contributed by atoms with Crippen LogP contribution in [0.4, 0.5) is 5.95 Å². The van der Waals surface area contributed by atoms with E-state index >= 15 is 0 Å². The first kappa shape index (κ1) is 14.0. The van der Waals surface area contributed by atoms with E-state index < -0.39 is 12.0 Å². The minimum atomic E-state index is -0.926. The highest BCUT2D eigenvalue weighted by Gasteiger charge is 2.23. The molecule has 0 radical (unpaired) electrons. The molecule has 1 unspecified atom stereocenters. The number of rotatable bonds is 6. The van der Waals surface area contributed by atoms with Gasteiger partial charge in [-0.05, 0) is 6.42 Å². The standard InChI is InChI=1S/C11H17N3O4/c1-5-7(10(15)16)14(2)11-12-8(17-3)6-9(13-11)18-4/h6-7H,5H2,1-4H3,(H,15,16). The second-order valence-corrected chi connectivity index (χ2v) is 3.63. The highest BCUT2D eigenvalue weighted by Crippen LogP contribution is 2.21. The van der Waals surface area contributed by atoms with Crippen LogP contribution in [-0.2, 0) is 4.79 Å². The number of carbonyl (C=O) groups is 1. The van der Waals surface area contributed by atoms with Crippen LogP contribution in [0, 0.1) is 0 Å². The third-order valence-corrected chi connectivity index (χ3v) is 2.54. The molecule has 1 rings (SSSR count). The number of aliphatic carboxylic acids is 1. The number of likely N-dealkylation sites (N-methyl/N-ethyl adjacent to an activating group) is 1. The Hall–Kier alpha value is -2.05. The first-order valence-electron chi connectivity index (χ1n) is 5.46. The first-order valence-corrected chi connectivity index (χ1v) is 5.46. The smallest absolute Gasteiger partial charge is 0.326 e. The predicted octanol–water partition coefficient (Wildman–Crippen LogP) is 0.793. The van der Waals surface area contributed by atoms with E-state index in [9.17, 15) is 4.79 Å². The number of aromatic nitrogens is 2. The Balaban J connectivity index is 3.10. The monoisotopic (exact) mass is 255 g/mol. The number of methoxy groups -OCH3 is 2. The topological polar surface area (TPSA) is 84.8 Å². The molecule has 0 amide bonds. The molecule has 1 aromatic rings. The van der Waals surface area contributed by atoms with Crippen LogP contribution in [0.15, 0.2) is 6.07 Å². The molecule has 0 aliphatic carbocycles. The minimum Gasteiger partial charge on any atom is -0.481 e. The average Bonchev–Trinajstić information content (AvgIpc) is 2.38. The van der Waals surface area contributed by atoms with E-state index in [0.29, 0.717) is 18.2 Å². The summed E-state index contributed by atoms with van der Waals surface area (Å²) in [5.74, 6) is -0.0290. The molecule has 0 saturated carbocycles. The number of carboxylic acids is 1. The maximum Gasteiger partial charge on any atom is 0.326 e. The van der Waals surface area contributed by atoms with Gasteiger partial charge in [0, 0.05) is 7.05 Å². The number of anilines is 1. The van der Waals surface area contributed by atoms with Gasteiger partial charge in [-0.3, -0.25) is 0 Å². The normalized spacial score (nSPS) is 11.8. The summed E-state index contributed by atoms with van der Waals surface area (Å²) in [5, 5.41) is 9.10. The van der Waals surface area contributed by atoms with E-state index in [4.69, 9.17) is 14.6 Å². The molecule has 7 heteroatoms. The summed E-state index contributed by atoms with van der Waals surface area (Å²) in [6.45, 7) is 1.78. The summed E-state index contributed by atoms with van der Waals surface area (Å²) >= 11 is 0. The second-order valence-electron chi connectivity index (χ2n) is 3.63. The van der Waals surface area contributed by atoms with Crippen molar-refractivity contribution in [3.63, 3.8) is 0 Å². The van der Waals surface area contributed by atoms with Gasteiger partial charge in [0.25, 0.3) is 0 Å². The molecule has 1 atom stereocenters. The highest BCUT2D eigenvalue weighted by molar-refractivity contribution is 5.77. The molecule has 0 saturated heterocycles. The van der Waals surface area contributed by atoms with Gasteiger partial charge >= 0.3 is 5.97 Å². The molecule has 1 N–H and O–H groups in total. The van der Waals surface area contributed by atoms with Crippen molar-refractivity contribution in [1.29, 1.82) is 0 Å². The lowest BCUT2D eigenvalue weighted by molar-refractivity contribution is -0.138. The molecule has 1 aromatic heterocycles. The molecule has 18 heavy (non-hydrogen) atoms. The zero-order valence-electron chi connectivity index (χ0n) is 10.9. The van der Waals surface area contributed by atoms with E-state index in [2.05, 4.69) is 9.97 Å². The van der Waals surface area contributed by atoms with Crippen LogP contribution < -0.4 is 14.4 Å². The van der Waals surface area contributed by atoms with Gasteiger partial charge in [-0.1, -0.05) is 6.92 Å². The zero-order chi connectivity index (χ0) is 13.7. The Labute approximate surface area is 105 Å². The molecule has 0 fully saturated rings. The number of hydrogen-bond acceptors (Lipinski definition) is 6. The van der Waals surface area contributed by atoms with Crippen molar-refractivity contribution in [2.45, 2.75) is 19.4 Å². The summed E-state index contributed by atoms with van der Waals surface area (Å²) in [5.41, 5.74) is 0. The van der Waals surface area contributed by atoms with Crippen LogP contribution in [0.1, 0.15) is 13.3 Å². The SMILES string of the molecule is CCC(C(=O)O)N(C)c1nc(OC)cc(OC)n1. The summed E-state index contributed by atoms with van der Waals surface area (Å²) in [4.78, 5) is 20.8. The van der Waals surface area contributed by atoms with Crippen LogP contribution in [-0.4, -0.2) is 48.4 Å². The van der Waals surface area contributed by atoms with Crippen LogP contribution in [0.3, 0.4) is 0 Å². The lowest BCUT2D eigenvalue weighted by atomic mass is 10.2. The van der Waals surface area contributed by atoms with E-state index in [1.165, 1.54) is 25.2 Å². The Morgan fingerprint density at radius 3 is 2.22 bits per heavy atom. The predicted molar refractivity (Wildman–Crippen MR) is 65.3 cm³/mol. The number of hydrogen-bond donors (Lipinski definition) is 1. The first-order chi connectivity index (χ1) is 8.53. The van der Waals surface area contributed by atoms with E-state index in [0.717, 1.165) is 0 Å². The van der Waals surface area contributed by atoms with Gasteiger partial charge in [-0.25, -0.2) is 4.79 Å². The van der Waals surface area contributed by atoms with E-state index in [1.807, 2.05) is 0 Å². The minimum absolute atomic E-state index is 0.250. The molecule has 0 aliphatic heterocycles. The van der Waals surface area contributed by atoms with Crippen LogP contribution in [0.5, 0.6) is 11.8 Å². The summed E-state index contributed by atoms with van der Waals surface area (Å²) in [7, 11) is 4.57. The maximum atomic E-state index is 11.1. The van der Waals surface area contributed by atoms with Gasteiger partial charge in [-0.2, -0.15) is 9.97 Å². The van der Waals surface area contributed by atoms with Crippen molar-refractivity contribution in [2.75, 3.05) is 26.2 Å². The molecule has 0 aromatic carbocycles. The molecule has 0 bridgehead atoms. The second kappa shape index (κ2) is 6.04. The summed E-state index contributed by atoms with van der Waals surface area (Å²) in [6.07, 6.45) is 0.439. The van der Waals surface area contributed by atoms with Gasteiger partial charge in [0.1, 0.15) is 6.04 Å². The molecule has 0 aliphatic rings. The fraction of sp³-hybridized carbons (Fsp3) is 0.545. The van der Waals surface area contributed by atoms with Gasteiger partial charge in [0.05, 0.1) is 20.3 Å². The molecule has 1 heterocycles. The Bertz CT molecular complexity index is 402. The average molecular weight is 255 g/mol. The summed E-state index contributed by atoms with van der Waals surface area (Å²) in [6, 6.07) is 0.834. The fourth-order valence-corrected chi connectivity index (χ4v) is 1.51. The van der Waals surface area contributed by atoms with Gasteiger partial charge in [0.2, 0.25) is 17.7 Å². The van der Waals surface area contributed by atoms with Crippen LogP contribution in [0.25, 0.3) is 0 Å². The van der Waals surface area contributed by atoms with Crippen molar-refractivity contribution in [3.05, 3.63) is 6.07 Å². The third kappa shape index (κ3) is 2.99. The molecule has 100 valence electrons. The molecular formula is C11H17N3O4. The number of carboxylic acid groups (broad SMARTS) is 1. The largest absolute Gasteiger partial charge is 0.481 e.